The van der Waals surface area contributed by atoms with Crippen LogP contribution in [0.3, 0.4) is 0 Å². The number of rotatable bonds is 6. The molecule has 0 spiro atoms. The predicted octanol–water partition coefficient (Wildman–Crippen LogP) is 4.32. The number of thioether (sulfide) groups is 1. The van der Waals surface area contributed by atoms with Crippen LogP contribution in [0.2, 0.25) is 0 Å². The fourth-order valence-corrected chi connectivity index (χ4v) is 4.17. The second-order valence-corrected chi connectivity index (χ2v) is 7.70. The Balaban J connectivity index is 1.50. The summed E-state index contributed by atoms with van der Waals surface area (Å²) >= 11 is 1.40. The van der Waals surface area contributed by atoms with E-state index in [9.17, 15) is 9.18 Å². The molecule has 0 bridgehead atoms. The third-order valence-corrected chi connectivity index (χ3v) is 5.71. The summed E-state index contributed by atoms with van der Waals surface area (Å²) in [4.78, 5) is 17.2. The minimum atomic E-state index is -0.306. The van der Waals surface area contributed by atoms with Crippen molar-refractivity contribution >= 4 is 28.4 Å². The molecule has 0 atom stereocenters. The van der Waals surface area contributed by atoms with E-state index in [0.717, 1.165) is 11.1 Å². The smallest absolute Gasteiger partial charge is 0.263 e. The summed E-state index contributed by atoms with van der Waals surface area (Å²) in [6.07, 6.45) is 3.27. The average Bonchev–Trinajstić information content (AvgIpc) is 3.43. The number of hydrogen-bond acceptors (Lipinski definition) is 6. The molecule has 0 unspecified atom stereocenters. The zero-order valence-electron chi connectivity index (χ0n) is 16.2. The molecule has 0 fully saturated rings. The number of allylic oxidation sites excluding steroid dienone is 1. The molecule has 0 saturated heterocycles. The number of nitrogens with zero attached hydrogens (tertiary/aromatic N) is 5. The van der Waals surface area contributed by atoms with Crippen molar-refractivity contribution in [2.24, 2.45) is 0 Å². The molecule has 31 heavy (non-hydrogen) atoms. The van der Waals surface area contributed by atoms with E-state index in [1.807, 2.05) is 22.6 Å². The third kappa shape index (κ3) is 3.42. The van der Waals surface area contributed by atoms with Crippen molar-refractivity contribution in [3.05, 3.63) is 89.4 Å². The highest BCUT2D eigenvalue weighted by molar-refractivity contribution is 7.98. The van der Waals surface area contributed by atoms with Gasteiger partial charge in [0.2, 0.25) is 11.7 Å². The van der Waals surface area contributed by atoms with Gasteiger partial charge in [0.1, 0.15) is 5.82 Å². The van der Waals surface area contributed by atoms with E-state index in [4.69, 9.17) is 4.42 Å². The number of oxazole rings is 1. The maximum absolute atomic E-state index is 13.1. The molecule has 7 nitrogen and oxygen atoms in total. The molecule has 154 valence electrons. The first kappa shape index (κ1) is 19.3. The van der Waals surface area contributed by atoms with Crippen molar-refractivity contribution in [2.45, 2.75) is 17.5 Å². The first-order valence-electron chi connectivity index (χ1n) is 9.46. The minimum Gasteiger partial charge on any atom is -0.440 e. The maximum atomic E-state index is 13.1. The van der Waals surface area contributed by atoms with Crippen LogP contribution in [0, 0.1) is 5.82 Å². The monoisotopic (exact) mass is 433 g/mol. The molecule has 0 amide bonds. The van der Waals surface area contributed by atoms with Crippen LogP contribution >= 0.6 is 11.8 Å². The first-order chi connectivity index (χ1) is 15.2. The van der Waals surface area contributed by atoms with Crippen LogP contribution in [0.1, 0.15) is 5.89 Å². The fraction of sp³-hybridized carbons (Fsp3) is 0.0909. The zero-order chi connectivity index (χ0) is 21.4. The van der Waals surface area contributed by atoms with Gasteiger partial charge in [-0.3, -0.25) is 13.8 Å². The van der Waals surface area contributed by atoms with Crippen LogP contribution in [0.25, 0.3) is 28.0 Å². The zero-order valence-corrected chi connectivity index (χ0v) is 17.1. The molecule has 0 N–H and O–H groups in total. The quantitative estimate of drug-likeness (QED) is 0.293. The molecule has 0 saturated carbocycles. The maximum Gasteiger partial charge on any atom is 0.263 e. The van der Waals surface area contributed by atoms with Gasteiger partial charge < -0.3 is 4.42 Å². The van der Waals surface area contributed by atoms with Gasteiger partial charge in [0.25, 0.3) is 5.56 Å². The lowest BCUT2D eigenvalue weighted by molar-refractivity contribution is 0.529. The Bertz CT molecular complexity index is 1470. The van der Waals surface area contributed by atoms with Gasteiger partial charge in [0.15, 0.2) is 10.9 Å². The summed E-state index contributed by atoms with van der Waals surface area (Å²) in [5.74, 6) is 1.62. The van der Waals surface area contributed by atoms with E-state index >= 15 is 0 Å². The molecule has 2 aromatic carbocycles. The normalized spacial score (nSPS) is 11.4. The topological polar surface area (TPSA) is 78.2 Å². The van der Waals surface area contributed by atoms with Gasteiger partial charge in [-0.05, 0) is 36.4 Å². The van der Waals surface area contributed by atoms with Gasteiger partial charge in [-0.15, -0.1) is 16.8 Å². The number of benzene rings is 2. The summed E-state index contributed by atoms with van der Waals surface area (Å²) < 4.78 is 22.3. The Hall–Kier alpha value is -3.72. The van der Waals surface area contributed by atoms with Crippen LogP contribution < -0.4 is 5.56 Å². The van der Waals surface area contributed by atoms with Crippen molar-refractivity contribution in [2.75, 3.05) is 0 Å². The van der Waals surface area contributed by atoms with Gasteiger partial charge in [0.05, 0.1) is 22.9 Å². The standard InChI is InChI=1S/C22H16FN5O2S/c1-2-11-27-20(29)16-5-3-4-6-17(16)28-21(27)25-26-22(28)31-13-19-24-12-18(30-19)14-7-9-15(23)10-8-14/h2-10,12H,1,11,13H2. The fourth-order valence-electron chi connectivity index (χ4n) is 3.37. The van der Waals surface area contributed by atoms with Gasteiger partial charge in [0, 0.05) is 12.1 Å². The van der Waals surface area contributed by atoms with Crippen molar-refractivity contribution in [1.82, 2.24) is 24.1 Å². The lowest BCUT2D eigenvalue weighted by Crippen LogP contribution is -2.22. The number of halogens is 1. The number of para-hydroxylation sites is 1. The molecule has 3 aromatic heterocycles. The van der Waals surface area contributed by atoms with Gasteiger partial charge in [-0.2, -0.15) is 0 Å². The molecular weight excluding hydrogens is 417 g/mol. The lowest BCUT2D eigenvalue weighted by Gasteiger charge is -2.09. The largest absolute Gasteiger partial charge is 0.440 e. The summed E-state index contributed by atoms with van der Waals surface area (Å²) in [5.41, 5.74) is 1.34. The molecule has 0 aliphatic heterocycles. The molecule has 5 aromatic rings. The number of fused-ring (bicyclic) bond motifs is 3. The van der Waals surface area contributed by atoms with Gasteiger partial charge in [-0.1, -0.05) is 30.0 Å². The van der Waals surface area contributed by atoms with Gasteiger partial charge >= 0.3 is 0 Å². The summed E-state index contributed by atoms with van der Waals surface area (Å²) in [6, 6.07) is 13.4. The second kappa shape index (κ2) is 7.84. The van der Waals surface area contributed by atoms with E-state index in [0.29, 0.717) is 40.3 Å². The molecule has 0 aliphatic rings. The predicted molar refractivity (Wildman–Crippen MR) is 116 cm³/mol. The Morgan fingerprint density at radius 1 is 1.13 bits per heavy atom. The highest BCUT2D eigenvalue weighted by Crippen LogP contribution is 2.27. The van der Waals surface area contributed by atoms with Crippen LogP contribution in [-0.2, 0) is 12.3 Å². The average molecular weight is 433 g/mol. The van der Waals surface area contributed by atoms with Crippen molar-refractivity contribution in [1.29, 1.82) is 0 Å². The van der Waals surface area contributed by atoms with E-state index < -0.39 is 0 Å². The highest BCUT2D eigenvalue weighted by Gasteiger charge is 2.17. The van der Waals surface area contributed by atoms with Crippen molar-refractivity contribution in [3.63, 3.8) is 0 Å². The van der Waals surface area contributed by atoms with Crippen LogP contribution in [0.5, 0.6) is 0 Å². The number of hydrogen-bond donors (Lipinski definition) is 0. The van der Waals surface area contributed by atoms with E-state index in [1.54, 1.807) is 35.0 Å². The third-order valence-electron chi connectivity index (χ3n) is 4.80. The molecule has 5 rings (SSSR count). The highest BCUT2D eigenvalue weighted by atomic mass is 32.2. The Morgan fingerprint density at radius 3 is 2.74 bits per heavy atom. The second-order valence-electron chi connectivity index (χ2n) is 6.75. The lowest BCUT2D eigenvalue weighted by atomic mass is 10.2. The minimum absolute atomic E-state index is 0.136. The molecule has 3 heterocycles. The van der Waals surface area contributed by atoms with Gasteiger partial charge in [-0.25, -0.2) is 9.37 Å². The molecule has 0 aliphatic carbocycles. The van der Waals surface area contributed by atoms with Crippen molar-refractivity contribution in [3.8, 4) is 11.3 Å². The molecular formula is C22H16FN5O2S. The van der Waals surface area contributed by atoms with Crippen LogP contribution in [-0.4, -0.2) is 24.1 Å². The van der Waals surface area contributed by atoms with Crippen LogP contribution in [0.4, 0.5) is 4.39 Å². The summed E-state index contributed by atoms with van der Waals surface area (Å²) in [6.45, 7) is 4.07. The van der Waals surface area contributed by atoms with E-state index in [1.165, 1.54) is 23.9 Å². The number of aromatic nitrogens is 5. The molecule has 9 heteroatoms. The molecule has 0 radical (unpaired) electrons. The van der Waals surface area contributed by atoms with E-state index in [2.05, 4.69) is 21.8 Å². The SMILES string of the molecule is C=CCn1c(=O)c2ccccc2n2c(SCc3ncc(-c4ccc(F)cc4)o3)nnc12. The van der Waals surface area contributed by atoms with E-state index in [-0.39, 0.29) is 11.4 Å². The van der Waals surface area contributed by atoms with Crippen molar-refractivity contribution < 1.29 is 8.81 Å². The Labute approximate surface area is 179 Å². The van der Waals surface area contributed by atoms with Crippen LogP contribution in [0.15, 0.2) is 81.8 Å². The Kier molecular flexibility index (Phi) is 4.87. The first-order valence-corrected chi connectivity index (χ1v) is 10.5. The summed E-state index contributed by atoms with van der Waals surface area (Å²) in [5, 5.41) is 9.73. The Morgan fingerprint density at radius 2 is 1.94 bits per heavy atom. The summed E-state index contributed by atoms with van der Waals surface area (Å²) in [7, 11) is 0.